The Morgan fingerprint density at radius 3 is 2.44 bits per heavy atom. The first-order valence-corrected chi connectivity index (χ1v) is 8.69. The zero-order valence-electron chi connectivity index (χ0n) is 14.8. The highest BCUT2D eigenvalue weighted by molar-refractivity contribution is 6.21. The van der Waals surface area contributed by atoms with Crippen molar-refractivity contribution < 1.29 is 19.1 Å². The Hall–Kier alpha value is -3.41. The highest BCUT2D eigenvalue weighted by atomic mass is 16.5. The molecule has 0 aliphatic carbocycles. The molecule has 2 aromatic carbocycles. The zero-order valence-corrected chi connectivity index (χ0v) is 14.8. The van der Waals surface area contributed by atoms with Gasteiger partial charge in [0.05, 0.1) is 24.7 Å². The lowest BCUT2D eigenvalue weighted by Crippen LogP contribution is -2.31. The Balaban J connectivity index is 1.54. The lowest BCUT2D eigenvalue weighted by atomic mass is 10.1. The molecule has 1 aliphatic heterocycles. The quantitative estimate of drug-likeness (QED) is 0.559. The van der Waals surface area contributed by atoms with Crippen LogP contribution in [0.5, 0.6) is 0 Å². The highest BCUT2D eigenvalue weighted by Gasteiger charge is 2.34. The molecule has 1 N–H and O–H groups in total. The maximum absolute atomic E-state index is 12.5. The monoisotopic (exact) mass is 362 g/mol. The normalized spacial score (nSPS) is 13.3. The molecule has 6 nitrogen and oxygen atoms in total. The second-order valence-corrected chi connectivity index (χ2v) is 6.50. The van der Waals surface area contributed by atoms with Crippen molar-refractivity contribution >= 4 is 28.7 Å². The fourth-order valence-corrected chi connectivity index (χ4v) is 3.46. The second kappa shape index (κ2) is 6.72. The van der Waals surface area contributed by atoms with E-state index in [9.17, 15) is 14.4 Å². The minimum atomic E-state index is -0.294. The van der Waals surface area contributed by atoms with Gasteiger partial charge in [0.25, 0.3) is 11.8 Å². The van der Waals surface area contributed by atoms with Gasteiger partial charge >= 0.3 is 5.97 Å². The third-order valence-electron chi connectivity index (χ3n) is 4.89. The van der Waals surface area contributed by atoms with Crippen LogP contribution in [0.4, 0.5) is 0 Å². The van der Waals surface area contributed by atoms with Crippen LogP contribution >= 0.6 is 0 Å². The minimum absolute atomic E-state index is 0.204. The van der Waals surface area contributed by atoms with Gasteiger partial charge in [-0.05, 0) is 41.8 Å². The molecule has 0 atom stereocenters. The van der Waals surface area contributed by atoms with Crippen LogP contribution < -0.4 is 0 Å². The Morgan fingerprint density at radius 2 is 1.78 bits per heavy atom. The van der Waals surface area contributed by atoms with Crippen molar-refractivity contribution in [3.8, 4) is 0 Å². The van der Waals surface area contributed by atoms with Crippen molar-refractivity contribution in [1.29, 1.82) is 0 Å². The molecule has 136 valence electrons. The molecule has 0 radical (unpaired) electrons. The lowest BCUT2D eigenvalue weighted by molar-refractivity contribution is -0.139. The number of hydrogen-bond acceptors (Lipinski definition) is 4. The number of aromatic nitrogens is 1. The Morgan fingerprint density at radius 1 is 1.07 bits per heavy atom. The fourth-order valence-electron chi connectivity index (χ4n) is 3.46. The summed E-state index contributed by atoms with van der Waals surface area (Å²) in [7, 11) is 1.37. The third kappa shape index (κ3) is 2.99. The summed E-state index contributed by atoms with van der Waals surface area (Å²) in [5, 5.41) is 0.980. The number of carbonyl (C=O) groups excluding carboxylic acids is 3. The molecule has 1 aromatic heterocycles. The number of carbonyl (C=O) groups is 3. The molecule has 0 saturated heterocycles. The van der Waals surface area contributed by atoms with Crippen LogP contribution in [0.3, 0.4) is 0 Å². The molecule has 0 fully saturated rings. The van der Waals surface area contributed by atoms with Crippen LogP contribution in [0.25, 0.3) is 10.9 Å². The topological polar surface area (TPSA) is 79.5 Å². The molecular weight excluding hydrogens is 344 g/mol. The summed E-state index contributed by atoms with van der Waals surface area (Å²) >= 11 is 0. The van der Waals surface area contributed by atoms with Crippen molar-refractivity contribution in [3.63, 3.8) is 0 Å². The van der Waals surface area contributed by atoms with E-state index in [0.29, 0.717) is 24.1 Å². The molecule has 6 heteroatoms. The van der Waals surface area contributed by atoms with Gasteiger partial charge in [-0.1, -0.05) is 18.2 Å². The summed E-state index contributed by atoms with van der Waals surface area (Å²) in [5.74, 6) is -0.791. The average molecular weight is 362 g/mol. The number of aromatic amines is 1. The summed E-state index contributed by atoms with van der Waals surface area (Å²) < 4.78 is 4.72. The summed E-state index contributed by atoms with van der Waals surface area (Å²) in [5.41, 5.74) is 3.72. The number of hydrogen-bond donors (Lipinski definition) is 1. The van der Waals surface area contributed by atoms with Gasteiger partial charge in [-0.15, -0.1) is 0 Å². The van der Waals surface area contributed by atoms with Gasteiger partial charge < -0.3 is 9.72 Å². The van der Waals surface area contributed by atoms with E-state index in [-0.39, 0.29) is 24.2 Å². The largest absolute Gasteiger partial charge is 0.469 e. The maximum Gasteiger partial charge on any atom is 0.309 e. The molecule has 0 spiro atoms. The molecule has 1 aliphatic rings. The van der Waals surface area contributed by atoms with E-state index in [4.69, 9.17) is 4.74 Å². The Kier molecular flexibility index (Phi) is 4.24. The molecule has 0 unspecified atom stereocenters. The van der Waals surface area contributed by atoms with E-state index < -0.39 is 0 Å². The maximum atomic E-state index is 12.5. The van der Waals surface area contributed by atoms with Crippen LogP contribution in [-0.2, 0) is 22.4 Å². The van der Waals surface area contributed by atoms with Crippen LogP contribution in [0, 0.1) is 0 Å². The summed E-state index contributed by atoms with van der Waals surface area (Å²) in [4.78, 5) is 41.0. The zero-order chi connectivity index (χ0) is 19.0. The average Bonchev–Trinajstić information content (AvgIpc) is 3.19. The van der Waals surface area contributed by atoms with Crippen LogP contribution in [0.2, 0.25) is 0 Å². The number of nitrogens with zero attached hydrogens (tertiary/aromatic N) is 1. The van der Waals surface area contributed by atoms with E-state index in [2.05, 4.69) is 4.98 Å². The molecule has 4 rings (SSSR count). The fraction of sp³-hybridized carbons (Fsp3) is 0.190. The van der Waals surface area contributed by atoms with Crippen molar-refractivity contribution in [2.45, 2.75) is 12.8 Å². The van der Waals surface area contributed by atoms with Gasteiger partial charge in [-0.3, -0.25) is 19.3 Å². The van der Waals surface area contributed by atoms with E-state index in [0.717, 1.165) is 22.0 Å². The van der Waals surface area contributed by atoms with Crippen LogP contribution in [0.1, 0.15) is 31.8 Å². The van der Waals surface area contributed by atoms with Gasteiger partial charge in [0.15, 0.2) is 0 Å². The molecular formula is C21H18N2O4. The Bertz CT molecular complexity index is 1030. The highest BCUT2D eigenvalue weighted by Crippen LogP contribution is 2.25. The van der Waals surface area contributed by atoms with Crippen LogP contribution in [-0.4, -0.2) is 41.3 Å². The molecule has 0 saturated carbocycles. The number of rotatable bonds is 5. The van der Waals surface area contributed by atoms with Gasteiger partial charge in [0.2, 0.25) is 0 Å². The first-order valence-electron chi connectivity index (χ1n) is 8.69. The standard InChI is InChI=1S/C21H18N2O4/c1-27-19(24)11-13-6-7-18-17(10-13)14(12-22-18)8-9-23-20(25)15-4-2-3-5-16(15)21(23)26/h2-7,10,12,22H,8-9,11H2,1H3. The van der Waals surface area contributed by atoms with Gasteiger partial charge in [-0.25, -0.2) is 0 Å². The predicted octanol–water partition coefficient (Wildman–Crippen LogP) is 2.72. The first-order chi connectivity index (χ1) is 13.1. The van der Waals surface area contributed by atoms with E-state index in [1.807, 2.05) is 24.4 Å². The lowest BCUT2D eigenvalue weighted by Gasteiger charge is -2.13. The van der Waals surface area contributed by atoms with Crippen LogP contribution in [0.15, 0.2) is 48.7 Å². The molecule has 2 heterocycles. The SMILES string of the molecule is COC(=O)Cc1ccc2[nH]cc(CCN3C(=O)c4ccccc4C3=O)c2c1. The molecule has 0 bridgehead atoms. The molecule has 2 amide bonds. The summed E-state index contributed by atoms with van der Waals surface area (Å²) in [6.07, 6.45) is 2.62. The number of methoxy groups -OCH3 is 1. The number of amides is 2. The van der Waals surface area contributed by atoms with E-state index >= 15 is 0 Å². The van der Waals surface area contributed by atoms with Crippen molar-refractivity contribution in [3.05, 3.63) is 70.9 Å². The summed E-state index contributed by atoms with van der Waals surface area (Å²) in [6, 6.07) is 12.6. The van der Waals surface area contributed by atoms with Crippen molar-refractivity contribution in [1.82, 2.24) is 9.88 Å². The molecule has 3 aromatic rings. The van der Waals surface area contributed by atoms with Gasteiger partial charge in [-0.2, -0.15) is 0 Å². The summed E-state index contributed by atoms with van der Waals surface area (Å²) in [6.45, 7) is 0.306. The first kappa shape index (κ1) is 17.0. The Labute approximate surface area is 155 Å². The van der Waals surface area contributed by atoms with E-state index in [1.54, 1.807) is 24.3 Å². The van der Waals surface area contributed by atoms with Crippen molar-refractivity contribution in [2.75, 3.05) is 13.7 Å². The van der Waals surface area contributed by atoms with Gasteiger partial charge in [0.1, 0.15) is 0 Å². The minimum Gasteiger partial charge on any atom is -0.469 e. The number of esters is 1. The smallest absolute Gasteiger partial charge is 0.309 e. The van der Waals surface area contributed by atoms with E-state index in [1.165, 1.54) is 12.0 Å². The third-order valence-corrected chi connectivity index (χ3v) is 4.89. The number of fused-ring (bicyclic) bond motifs is 2. The number of imide groups is 1. The molecule has 27 heavy (non-hydrogen) atoms. The number of H-pyrrole nitrogens is 1. The number of nitrogens with one attached hydrogen (secondary N) is 1. The van der Waals surface area contributed by atoms with Gasteiger partial charge in [0, 0.05) is 23.6 Å². The van der Waals surface area contributed by atoms with Crippen molar-refractivity contribution in [2.24, 2.45) is 0 Å². The number of ether oxygens (including phenoxy) is 1. The second-order valence-electron chi connectivity index (χ2n) is 6.50. The number of benzene rings is 2. The predicted molar refractivity (Wildman–Crippen MR) is 99.5 cm³/mol.